The Balaban J connectivity index is 1.88. The zero-order chi connectivity index (χ0) is 16.2. The average Bonchev–Trinajstić information content (AvgIpc) is 2.97. The van der Waals surface area contributed by atoms with Gasteiger partial charge >= 0.3 is 6.03 Å². The van der Waals surface area contributed by atoms with Crippen LogP contribution in [0, 0.1) is 5.82 Å². The van der Waals surface area contributed by atoms with Gasteiger partial charge in [-0.3, -0.25) is 5.32 Å². The van der Waals surface area contributed by atoms with Crippen LogP contribution in [0.15, 0.2) is 48.9 Å². The van der Waals surface area contributed by atoms with Crippen LogP contribution in [0.3, 0.4) is 0 Å². The lowest BCUT2D eigenvalue weighted by Crippen LogP contribution is -2.19. The number of benzene rings is 1. The molecule has 6 nitrogen and oxygen atoms in total. The van der Waals surface area contributed by atoms with E-state index in [1.54, 1.807) is 36.8 Å². The topological polar surface area (TPSA) is 96.7 Å². The molecule has 0 bridgehead atoms. The number of anilines is 1. The highest BCUT2D eigenvalue weighted by Gasteiger charge is 2.10. The fraction of sp³-hybridized carbons (Fsp3) is 0.0625. The summed E-state index contributed by atoms with van der Waals surface area (Å²) in [6.07, 6.45) is 3.74. The number of carbonyl (C=O) groups is 1. The lowest BCUT2D eigenvalue weighted by molar-refractivity contribution is 0.259. The molecule has 0 unspecified atom stereocenters. The summed E-state index contributed by atoms with van der Waals surface area (Å²) in [6.45, 7) is 0. The summed E-state index contributed by atoms with van der Waals surface area (Å²) >= 11 is 0. The molecule has 0 spiro atoms. The van der Waals surface area contributed by atoms with Crippen LogP contribution in [0.2, 0.25) is 0 Å². The molecular weight excluding hydrogens is 297 g/mol. The van der Waals surface area contributed by atoms with Gasteiger partial charge in [0.2, 0.25) is 0 Å². The monoisotopic (exact) mass is 311 g/mol. The molecular formula is C16H14FN5O. The van der Waals surface area contributed by atoms with Crippen molar-refractivity contribution in [3.63, 3.8) is 0 Å². The molecule has 2 heterocycles. The van der Waals surface area contributed by atoms with Crippen molar-refractivity contribution in [2.24, 2.45) is 5.73 Å². The van der Waals surface area contributed by atoms with Gasteiger partial charge in [-0.05, 0) is 29.8 Å². The molecule has 0 fully saturated rings. The number of hydrogen-bond donors (Lipinski definition) is 3. The number of carbonyl (C=O) groups excluding carboxylic acids is 1. The Bertz CT molecular complexity index is 828. The Morgan fingerprint density at radius 1 is 1.22 bits per heavy atom. The second kappa shape index (κ2) is 6.27. The number of aromatic amines is 1. The highest BCUT2D eigenvalue weighted by molar-refractivity contribution is 5.87. The fourth-order valence-electron chi connectivity index (χ4n) is 2.28. The molecule has 0 saturated carbocycles. The predicted octanol–water partition coefficient (Wildman–Crippen LogP) is 2.69. The molecule has 3 aromatic rings. The molecule has 23 heavy (non-hydrogen) atoms. The maximum Gasteiger partial charge on any atom is 0.317 e. The molecule has 0 aliphatic rings. The van der Waals surface area contributed by atoms with Gasteiger partial charge in [-0.1, -0.05) is 12.1 Å². The average molecular weight is 311 g/mol. The van der Waals surface area contributed by atoms with Crippen LogP contribution in [0.25, 0.3) is 11.3 Å². The van der Waals surface area contributed by atoms with E-state index in [0.29, 0.717) is 12.2 Å². The third-order valence-electron chi connectivity index (χ3n) is 3.30. The lowest BCUT2D eigenvalue weighted by atomic mass is 10.1. The third-order valence-corrected chi connectivity index (χ3v) is 3.30. The van der Waals surface area contributed by atoms with Crippen molar-refractivity contribution >= 4 is 11.8 Å². The number of hydrogen-bond acceptors (Lipinski definition) is 3. The maximum atomic E-state index is 13.0. The number of urea groups is 1. The van der Waals surface area contributed by atoms with Gasteiger partial charge < -0.3 is 10.7 Å². The van der Waals surface area contributed by atoms with E-state index in [1.165, 1.54) is 12.1 Å². The van der Waals surface area contributed by atoms with Gasteiger partial charge in [0.05, 0.1) is 12.0 Å². The van der Waals surface area contributed by atoms with Crippen LogP contribution in [0.1, 0.15) is 11.3 Å². The first-order valence-electron chi connectivity index (χ1n) is 6.91. The van der Waals surface area contributed by atoms with Gasteiger partial charge in [0.25, 0.3) is 0 Å². The maximum absolute atomic E-state index is 13.0. The van der Waals surface area contributed by atoms with Gasteiger partial charge in [-0.25, -0.2) is 19.2 Å². The number of rotatable bonds is 4. The third kappa shape index (κ3) is 3.52. The van der Waals surface area contributed by atoms with Crippen molar-refractivity contribution in [2.45, 2.75) is 6.42 Å². The first kappa shape index (κ1) is 14.7. The Hall–Kier alpha value is -3.22. The van der Waals surface area contributed by atoms with Gasteiger partial charge in [0.15, 0.2) is 0 Å². The molecule has 0 aliphatic carbocycles. The van der Waals surface area contributed by atoms with Crippen molar-refractivity contribution in [1.82, 2.24) is 15.0 Å². The molecule has 0 radical (unpaired) electrons. The van der Waals surface area contributed by atoms with E-state index in [4.69, 9.17) is 5.73 Å². The van der Waals surface area contributed by atoms with Crippen LogP contribution < -0.4 is 11.1 Å². The summed E-state index contributed by atoms with van der Waals surface area (Å²) in [7, 11) is 0. The normalized spacial score (nSPS) is 10.5. The van der Waals surface area contributed by atoms with Crippen molar-refractivity contribution in [1.29, 1.82) is 0 Å². The lowest BCUT2D eigenvalue weighted by Gasteiger charge is -2.06. The van der Waals surface area contributed by atoms with E-state index in [-0.39, 0.29) is 5.82 Å². The highest BCUT2D eigenvalue weighted by Crippen LogP contribution is 2.24. The highest BCUT2D eigenvalue weighted by atomic mass is 19.1. The molecule has 0 atom stereocenters. The largest absolute Gasteiger partial charge is 0.351 e. The first-order chi connectivity index (χ1) is 11.1. The standard InChI is InChI=1S/C16H14FN5O/c17-12-3-1-10(2-4-12)7-13-15(21-9-20-13)11-5-6-19-14(8-11)22-16(18)23/h1-6,8-9H,7H2,(H,20,21)(H3,18,19,22,23). The first-order valence-corrected chi connectivity index (χ1v) is 6.91. The summed E-state index contributed by atoms with van der Waals surface area (Å²) in [6, 6.07) is 9.10. The number of nitrogens with zero attached hydrogens (tertiary/aromatic N) is 2. The van der Waals surface area contributed by atoms with E-state index in [2.05, 4.69) is 20.3 Å². The smallest absolute Gasteiger partial charge is 0.317 e. The summed E-state index contributed by atoms with van der Waals surface area (Å²) in [5, 5.41) is 2.43. The van der Waals surface area contributed by atoms with Crippen LogP contribution in [-0.4, -0.2) is 21.0 Å². The molecule has 1 aromatic carbocycles. The van der Waals surface area contributed by atoms with Crippen molar-refractivity contribution in [3.8, 4) is 11.3 Å². The zero-order valence-corrected chi connectivity index (χ0v) is 12.1. The minimum absolute atomic E-state index is 0.269. The van der Waals surface area contributed by atoms with Crippen LogP contribution in [0.4, 0.5) is 15.0 Å². The molecule has 2 aromatic heterocycles. The van der Waals surface area contributed by atoms with E-state index in [9.17, 15) is 9.18 Å². The Kier molecular flexibility index (Phi) is 4.01. The van der Waals surface area contributed by atoms with E-state index >= 15 is 0 Å². The molecule has 116 valence electrons. The van der Waals surface area contributed by atoms with Crippen LogP contribution in [0.5, 0.6) is 0 Å². The number of halogens is 1. The number of amides is 2. The second-order valence-corrected chi connectivity index (χ2v) is 4.95. The number of H-pyrrole nitrogens is 1. The molecule has 0 aliphatic heterocycles. The Labute approximate surface area is 131 Å². The number of pyridine rings is 1. The molecule has 7 heteroatoms. The number of imidazole rings is 1. The van der Waals surface area contributed by atoms with Crippen molar-refractivity contribution in [2.75, 3.05) is 5.32 Å². The number of primary amides is 1. The summed E-state index contributed by atoms with van der Waals surface area (Å²) in [4.78, 5) is 22.4. The van der Waals surface area contributed by atoms with Gasteiger partial charge in [-0.15, -0.1) is 0 Å². The SMILES string of the molecule is NC(=O)Nc1cc(-c2nc[nH]c2Cc2ccc(F)cc2)ccn1. The molecule has 4 N–H and O–H groups in total. The van der Waals surface area contributed by atoms with Crippen molar-refractivity contribution < 1.29 is 9.18 Å². The summed E-state index contributed by atoms with van der Waals surface area (Å²) < 4.78 is 13.0. The predicted molar refractivity (Wildman–Crippen MR) is 84.2 cm³/mol. The quantitative estimate of drug-likeness (QED) is 0.691. The van der Waals surface area contributed by atoms with Gasteiger partial charge in [0.1, 0.15) is 11.6 Å². The Morgan fingerprint density at radius 2 is 2.00 bits per heavy atom. The minimum Gasteiger partial charge on any atom is -0.351 e. The number of nitrogens with two attached hydrogens (primary N) is 1. The van der Waals surface area contributed by atoms with Crippen LogP contribution >= 0.6 is 0 Å². The zero-order valence-electron chi connectivity index (χ0n) is 12.1. The molecule has 2 amide bonds. The molecule has 0 saturated heterocycles. The van der Waals surface area contributed by atoms with Crippen LogP contribution in [-0.2, 0) is 6.42 Å². The van der Waals surface area contributed by atoms with Gasteiger partial charge in [-0.2, -0.15) is 0 Å². The number of aromatic nitrogens is 3. The van der Waals surface area contributed by atoms with Crippen molar-refractivity contribution in [3.05, 3.63) is 66.0 Å². The van der Waals surface area contributed by atoms with Gasteiger partial charge in [0, 0.05) is 23.9 Å². The minimum atomic E-state index is -0.678. The molecule has 3 rings (SSSR count). The summed E-state index contributed by atoms with van der Waals surface area (Å²) in [5.41, 5.74) is 8.47. The van der Waals surface area contributed by atoms with E-state index < -0.39 is 6.03 Å². The second-order valence-electron chi connectivity index (χ2n) is 4.95. The Morgan fingerprint density at radius 3 is 2.74 bits per heavy atom. The van der Waals surface area contributed by atoms with E-state index in [0.717, 1.165) is 22.5 Å². The van der Waals surface area contributed by atoms with E-state index in [1.807, 2.05) is 0 Å². The number of nitrogens with one attached hydrogen (secondary N) is 2. The fourth-order valence-corrected chi connectivity index (χ4v) is 2.28. The summed E-state index contributed by atoms with van der Waals surface area (Å²) in [5.74, 6) is 0.0839.